The minimum Gasteiger partial charge on any atom is -0.380 e. The van der Waals surface area contributed by atoms with Crippen LogP contribution in [0.5, 0.6) is 0 Å². The van der Waals surface area contributed by atoms with Crippen molar-refractivity contribution >= 4 is 28.7 Å². The number of hydrogen-bond donors (Lipinski definition) is 1. The number of thiazole rings is 1. The van der Waals surface area contributed by atoms with Gasteiger partial charge in [0.2, 0.25) is 0 Å². The van der Waals surface area contributed by atoms with Crippen molar-refractivity contribution in [3.05, 3.63) is 53.9 Å². The third-order valence-corrected chi connectivity index (χ3v) is 8.17. The van der Waals surface area contributed by atoms with E-state index in [-0.39, 0.29) is 12.0 Å². The first-order chi connectivity index (χ1) is 18.2. The number of imidazole rings is 2. The topological polar surface area (TPSA) is 103 Å². The van der Waals surface area contributed by atoms with E-state index in [9.17, 15) is 4.79 Å². The van der Waals surface area contributed by atoms with Crippen LogP contribution in [0.3, 0.4) is 0 Å². The molecule has 1 saturated heterocycles. The summed E-state index contributed by atoms with van der Waals surface area (Å²) in [6.07, 6.45) is 15.4. The molecule has 10 nitrogen and oxygen atoms in total. The summed E-state index contributed by atoms with van der Waals surface area (Å²) in [5.74, 6) is 1.61. The number of aromatic nitrogens is 6. The summed E-state index contributed by atoms with van der Waals surface area (Å²) in [5, 5.41) is 5.57. The van der Waals surface area contributed by atoms with E-state index in [0.717, 1.165) is 47.4 Å². The lowest BCUT2D eigenvalue weighted by Crippen LogP contribution is -2.24. The second-order valence-corrected chi connectivity index (χ2v) is 10.9. The molecule has 1 amide bonds. The van der Waals surface area contributed by atoms with Crippen molar-refractivity contribution < 1.29 is 9.53 Å². The van der Waals surface area contributed by atoms with Crippen LogP contribution in [0.1, 0.15) is 60.2 Å². The molecular formula is C26H28N8O2S. The maximum Gasteiger partial charge on any atom is 0.275 e. The van der Waals surface area contributed by atoms with E-state index < -0.39 is 0 Å². The van der Waals surface area contributed by atoms with Gasteiger partial charge in [0.1, 0.15) is 11.5 Å². The van der Waals surface area contributed by atoms with Gasteiger partial charge in [0, 0.05) is 56.1 Å². The molecule has 0 spiro atoms. The van der Waals surface area contributed by atoms with E-state index in [1.54, 1.807) is 19.5 Å². The maximum absolute atomic E-state index is 13.2. The van der Waals surface area contributed by atoms with Crippen molar-refractivity contribution in [1.82, 2.24) is 29.1 Å². The standard InChI is InChI=1S/C26H28N8O2S/c1-36-18-6-8-32(12-18)22-11-28-19(10-21(22)33-13-20(29-15-33)16-2-3-16)25(35)30-23-14-37-26(31-23)24-27-7-9-34(24)17-4-5-17/h7,9-11,13-18H,2-6,8,12H2,1H3,(H,30,35). The highest BCUT2D eigenvalue weighted by molar-refractivity contribution is 7.13. The number of nitrogens with zero attached hydrogens (tertiary/aromatic N) is 7. The molecule has 0 bridgehead atoms. The average molecular weight is 517 g/mol. The molecule has 2 saturated carbocycles. The van der Waals surface area contributed by atoms with Crippen LogP contribution in [0.4, 0.5) is 11.5 Å². The molecule has 1 unspecified atom stereocenters. The van der Waals surface area contributed by atoms with Crippen LogP contribution >= 0.6 is 11.3 Å². The number of carbonyl (C=O) groups excluding carboxylic acids is 1. The van der Waals surface area contributed by atoms with Crippen LogP contribution in [-0.4, -0.2) is 61.3 Å². The molecule has 1 N–H and O–H groups in total. The van der Waals surface area contributed by atoms with Crippen LogP contribution in [0.15, 0.2) is 42.6 Å². The van der Waals surface area contributed by atoms with Gasteiger partial charge in [0.15, 0.2) is 10.8 Å². The van der Waals surface area contributed by atoms with Gasteiger partial charge >= 0.3 is 0 Å². The first-order valence-electron chi connectivity index (χ1n) is 12.8. The zero-order chi connectivity index (χ0) is 24.9. The molecule has 3 fully saturated rings. The lowest BCUT2D eigenvalue weighted by atomic mass is 10.2. The normalized spacial score (nSPS) is 19.5. The van der Waals surface area contributed by atoms with E-state index >= 15 is 0 Å². The van der Waals surface area contributed by atoms with E-state index in [1.165, 1.54) is 37.0 Å². The minimum absolute atomic E-state index is 0.190. The minimum atomic E-state index is -0.297. The number of rotatable bonds is 8. The summed E-state index contributed by atoms with van der Waals surface area (Å²) < 4.78 is 9.76. The van der Waals surface area contributed by atoms with Gasteiger partial charge in [0.25, 0.3) is 5.91 Å². The van der Waals surface area contributed by atoms with Gasteiger partial charge in [-0.2, -0.15) is 0 Å². The summed E-state index contributed by atoms with van der Waals surface area (Å²) in [5.41, 5.74) is 3.29. The molecule has 190 valence electrons. The third-order valence-electron chi connectivity index (χ3n) is 7.34. The molecule has 1 aliphatic heterocycles. The summed E-state index contributed by atoms with van der Waals surface area (Å²) in [6.45, 7) is 1.67. The van der Waals surface area contributed by atoms with Crippen molar-refractivity contribution in [2.24, 2.45) is 0 Å². The number of methoxy groups -OCH3 is 1. The lowest BCUT2D eigenvalue weighted by Gasteiger charge is -2.22. The van der Waals surface area contributed by atoms with E-state index in [4.69, 9.17) is 4.74 Å². The Kier molecular flexibility index (Phi) is 5.54. The summed E-state index contributed by atoms with van der Waals surface area (Å²) in [6, 6.07) is 2.36. The Balaban J connectivity index is 1.16. The fourth-order valence-electron chi connectivity index (χ4n) is 4.95. The number of ether oxygens (including phenoxy) is 1. The van der Waals surface area contributed by atoms with Gasteiger partial charge in [-0.15, -0.1) is 11.3 Å². The molecule has 11 heteroatoms. The molecule has 37 heavy (non-hydrogen) atoms. The molecule has 5 heterocycles. The van der Waals surface area contributed by atoms with Gasteiger partial charge in [-0.1, -0.05) is 0 Å². The summed E-state index contributed by atoms with van der Waals surface area (Å²) in [4.78, 5) is 33.8. The Morgan fingerprint density at radius 1 is 1.14 bits per heavy atom. The van der Waals surface area contributed by atoms with Crippen LogP contribution < -0.4 is 10.2 Å². The number of amides is 1. The zero-order valence-corrected chi connectivity index (χ0v) is 21.4. The average Bonchev–Trinajstić information content (AvgIpc) is 3.68. The maximum atomic E-state index is 13.2. The van der Waals surface area contributed by atoms with E-state index in [1.807, 2.05) is 28.5 Å². The van der Waals surface area contributed by atoms with Crippen molar-refractivity contribution in [3.63, 3.8) is 0 Å². The van der Waals surface area contributed by atoms with Gasteiger partial charge in [-0.3, -0.25) is 4.79 Å². The molecule has 4 aromatic heterocycles. The van der Waals surface area contributed by atoms with Crippen LogP contribution in [-0.2, 0) is 4.74 Å². The largest absolute Gasteiger partial charge is 0.380 e. The third kappa shape index (κ3) is 4.42. The van der Waals surface area contributed by atoms with E-state index in [0.29, 0.717) is 23.5 Å². The molecule has 4 aromatic rings. The van der Waals surface area contributed by atoms with Gasteiger partial charge in [0.05, 0.1) is 35.7 Å². The Hall–Kier alpha value is -3.57. The summed E-state index contributed by atoms with van der Waals surface area (Å²) >= 11 is 1.48. The first-order valence-corrected chi connectivity index (χ1v) is 13.7. The van der Waals surface area contributed by atoms with Gasteiger partial charge < -0.3 is 24.1 Å². The van der Waals surface area contributed by atoms with Crippen molar-refractivity contribution in [2.45, 2.75) is 50.2 Å². The predicted octanol–water partition coefficient (Wildman–Crippen LogP) is 4.28. The lowest BCUT2D eigenvalue weighted by molar-refractivity contribution is 0.102. The molecular weight excluding hydrogens is 488 g/mol. The molecule has 0 aromatic carbocycles. The highest BCUT2D eigenvalue weighted by Gasteiger charge is 2.29. The van der Waals surface area contributed by atoms with Crippen molar-refractivity contribution in [1.29, 1.82) is 0 Å². The van der Waals surface area contributed by atoms with Crippen LogP contribution in [0.2, 0.25) is 0 Å². The number of anilines is 2. The zero-order valence-electron chi connectivity index (χ0n) is 20.6. The van der Waals surface area contributed by atoms with Crippen LogP contribution in [0.25, 0.3) is 16.5 Å². The highest BCUT2D eigenvalue weighted by atomic mass is 32.1. The Labute approximate surface area is 218 Å². The fraction of sp³-hybridized carbons (Fsp3) is 0.423. The summed E-state index contributed by atoms with van der Waals surface area (Å²) in [7, 11) is 1.75. The predicted molar refractivity (Wildman–Crippen MR) is 141 cm³/mol. The SMILES string of the molecule is COC1CCN(c2cnc(C(=O)Nc3csc(-c4nccn4C4CC4)n3)cc2-n2cnc(C3CC3)c2)C1. The Bertz CT molecular complexity index is 1450. The molecule has 7 rings (SSSR count). The highest BCUT2D eigenvalue weighted by Crippen LogP contribution is 2.40. The Morgan fingerprint density at radius 2 is 2.03 bits per heavy atom. The number of pyridine rings is 1. The number of carbonyl (C=O) groups is 1. The Morgan fingerprint density at radius 3 is 2.81 bits per heavy atom. The molecule has 0 radical (unpaired) electrons. The quantitative estimate of drug-likeness (QED) is 0.373. The molecule has 1 atom stereocenters. The smallest absolute Gasteiger partial charge is 0.275 e. The number of nitrogens with one attached hydrogen (secondary N) is 1. The second-order valence-electron chi connectivity index (χ2n) is 10.0. The molecule has 2 aliphatic carbocycles. The second kappa shape index (κ2) is 9.07. The van der Waals surface area contributed by atoms with Crippen LogP contribution in [0, 0.1) is 0 Å². The fourth-order valence-corrected chi connectivity index (χ4v) is 5.70. The van der Waals surface area contributed by atoms with Gasteiger partial charge in [-0.05, 0) is 38.2 Å². The molecule has 3 aliphatic rings. The monoisotopic (exact) mass is 516 g/mol. The van der Waals surface area contributed by atoms with E-state index in [2.05, 4.69) is 40.9 Å². The number of hydrogen-bond acceptors (Lipinski definition) is 8. The van der Waals surface area contributed by atoms with Crippen molar-refractivity contribution in [2.75, 3.05) is 30.4 Å². The van der Waals surface area contributed by atoms with Gasteiger partial charge in [-0.25, -0.2) is 19.9 Å². The first kappa shape index (κ1) is 22.6. The van der Waals surface area contributed by atoms with Crippen molar-refractivity contribution in [3.8, 4) is 16.5 Å².